The standard InChI is InChI=1S/C19H28O/c1-14-6-8-18-12-16(7-9-17(18)10-14)11-15-4-3-5-19(13-15)20-2/h7,9,12,14-15,19H,3-6,8,10-11,13H2,1-2H3/t14-,15?,19?/m0/s1. The zero-order valence-corrected chi connectivity index (χ0v) is 13.0. The molecule has 20 heavy (non-hydrogen) atoms. The van der Waals surface area contributed by atoms with Crippen LogP contribution in [0.15, 0.2) is 18.2 Å². The van der Waals surface area contributed by atoms with Crippen LogP contribution >= 0.6 is 0 Å². The van der Waals surface area contributed by atoms with Gasteiger partial charge in [0, 0.05) is 7.11 Å². The second kappa shape index (κ2) is 6.30. The number of fused-ring (bicyclic) bond motifs is 1. The summed E-state index contributed by atoms with van der Waals surface area (Å²) in [5.74, 6) is 1.70. The van der Waals surface area contributed by atoms with Crippen LogP contribution in [0.3, 0.4) is 0 Å². The molecule has 2 unspecified atom stereocenters. The van der Waals surface area contributed by atoms with Gasteiger partial charge in [0.05, 0.1) is 6.10 Å². The number of hydrogen-bond acceptors (Lipinski definition) is 1. The fraction of sp³-hybridized carbons (Fsp3) is 0.684. The zero-order chi connectivity index (χ0) is 13.9. The Kier molecular flexibility index (Phi) is 4.45. The molecule has 0 aromatic heterocycles. The van der Waals surface area contributed by atoms with Crippen molar-refractivity contribution in [3.05, 3.63) is 34.9 Å². The van der Waals surface area contributed by atoms with E-state index in [2.05, 4.69) is 25.1 Å². The van der Waals surface area contributed by atoms with E-state index in [0.29, 0.717) is 6.10 Å². The van der Waals surface area contributed by atoms with Gasteiger partial charge >= 0.3 is 0 Å². The molecule has 1 aromatic carbocycles. The van der Waals surface area contributed by atoms with Gasteiger partial charge in [-0.25, -0.2) is 0 Å². The maximum atomic E-state index is 5.56. The summed E-state index contributed by atoms with van der Waals surface area (Å²) in [4.78, 5) is 0. The van der Waals surface area contributed by atoms with Crippen LogP contribution in [-0.4, -0.2) is 13.2 Å². The summed E-state index contributed by atoms with van der Waals surface area (Å²) in [7, 11) is 1.87. The van der Waals surface area contributed by atoms with Gasteiger partial charge < -0.3 is 4.74 Å². The molecule has 2 aliphatic rings. The first kappa shape index (κ1) is 14.1. The Bertz CT molecular complexity index is 451. The van der Waals surface area contributed by atoms with E-state index >= 15 is 0 Å². The monoisotopic (exact) mass is 272 g/mol. The Balaban J connectivity index is 1.66. The lowest BCUT2D eigenvalue weighted by Crippen LogP contribution is -2.23. The van der Waals surface area contributed by atoms with E-state index in [4.69, 9.17) is 4.74 Å². The van der Waals surface area contributed by atoms with Gasteiger partial charge in [0.15, 0.2) is 0 Å². The van der Waals surface area contributed by atoms with Gasteiger partial charge in [-0.05, 0) is 73.5 Å². The second-order valence-corrected chi connectivity index (χ2v) is 7.05. The van der Waals surface area contributed by atoms with Crippen molar-refractivity contribution in [2.45, 2.75) is 64.4 Å². The van der Waals surface area contributed by atoms with Crippen molar-refractivity contribution in [3.8, 4) is 0 Å². The van der Waals surface area contributed by atoms with E-state index in [0.717, 1.165) is 11.8 Å². The quantitative estimate of drug-likeness (QED) is 0.784. The van der Waals surface area contributed by atoms with Gasteiger partial charge in [-0.15, -0.1) is 0 Å². The SMILES string of the molecule is COC1CCCC(Cc2ccc3c(c2)CC[C@H](C)C3)C1. The highest BCUT2D eigenvalue weighted by Gasteiger charge is 2.22. The molecule has 0 N–H and O–H groups in total. The van der Waals surface area contributed by atoms with Crippen LogP contribution in [0, 0.1) is 11.8 Å². The van der Waals surface area contributed by atoms with Crippen molar-refractivity contribution >= 4 is 0 Å². The molecule has 3 atom stereocenters. The molecule has 1 saturated carbocycles. The van der Waals surface area contributed by atoms with E-state index in [1.165, 1.54) is 51.4 Å². The van der Waals surface area contributed by atoms with Gasteiger partial charge in [-0.2, -0.15) is 0 Å². The Morgan fingerprint density at radius 2 is 2.05 bits per heavy atom. The van der Waals surface area contributed by atoms with Crippen molar-refractivity contribution < 1.29 is 4.74 Å². The van der Waals surface area contributed by atoms with Gasteiger partial charge in [-0.1, -0.05) is 31.5 Å². The molecule has 3 rings (SSSR count). The smallest absolute Gasteiger partial charge is 0.0574 e. The minimum atomic E-state index is 0.507. The van der Waals surface area contributed by atoms with Crippen molar-refractivity contribution in [1.29, 1.82) is 0 Å². The largest absolute Gasteiger partial charge is 0.381 e. The van der Waals surface area contributed by atoms with Gasteiger partial charge in [0.25, 0.3) is 0 Å². The maximum absolute atomic E-state index is 5.56. The van der Waals surface area contributed by atoms with E-state index < -0.39 is 0 Å². The number of ether oxygens (including phenoxy) is 1. The average molecular weight is 272 g/mol. The molecule has 1 fully saturated rings. The van der Waals surface area contributed by atoms with Crippen molar-refractivity contribution in [2.24, 2.45) is 11.8 Å². The fourth-order valence-electron chi connectivity index (χ4n) is 4.09. The highest BCUT2D eigenvalue weighted by Crippen LogP contribution is 2.31. The lowest BCUT2D eigenvalue weighted by molar-refractivity contribution is 0.0508. The molecule has 110 valence electrons. The molecule has 1 aromatic rings. The first-order valence-corrected chi connectivity index (χ1v) is 8.38. The fourth-order valence-corrected chi connectivity index (χ4v) is 4.09. The summed E-state index contributed by atoms with van der Waals surface area (Å²) < 4.78 is 5.56. The number of benzene rings is 1. The molecule has 0 radical (unpaired) electrons. The highest BCUT2D eigenvalue weighted by atomic mass is 16.5. The van der Waals surface area contributed by atoms with Crippen LogP contribution in [0.25, 0.3) is 0 Å². The Labute approximate surface area is 123 Å². The topological polar surface area (TPSA) is 9.23 Å². The Morgan fingerprint density at radius 3 is 2.90 bits per heavy atom. The van der Waals surface area contributed by atoms with Crippen LogP contribution < -0.4 is 0 Å². The third kappa shape index (κ3) is 3.25. The third-order valence-electron chi connectivity index (χ3n) is 5.34. The summed E-state index contributed by atoms with van der Waals surface area (Å²) in [6, 6.07) is 7.28. The van der Waals surface area contributed by atoms with Crippen LogP contribution in [0.5, 0.6) is 0 Å². The van der Waals surface area contributed by atoms with Crippen LogP contribution in [0.1, 0.15) is 55.7 Å². The minimum Gasteiger partial charge on any atom is -0.381 e. The Hall–Kier alpha value is -0.820. The maximum Gasteiger partial charge on any atom is 0.0574 e. The van der Waals surface area contributed by atoms with E-state index in [1.807, 2.05) is 7.11 Å². The number of aryl methyl sites for hydroxylation is 1. The van der Waals surface area contributed by atoms with Crippen molar-refractivity contribution in [2.75, 3.05) is 7.11 Å². The second-order valence-electron chi connectivity index (χ2n) is 7.05. The molecule has 2 aliphatic carbocycles. The van der Waals surface area contributed by atoms with E-state index in [-0.39, 0.29) is 0 Å². The first-order chi connectivity index (χ1) is 9.74. The summed E-state index contributed by atoms with van der Waals surface area (Å²) >= 11 is 0. The molecular formula is C19H28O. The van der Waals surface area contributed by atoms with Crippen LogP contribution in [0.2, 0.25) is 0 Å². The molecule has 0 heterocycles. The molecular weight excluding hydrogens is 244 g/mol. The predicted octanol–water partition coefficient (Wildman–Crippen LogP) is 4.56. The molecule has 1 heteroatoms. The van der Waals surface area contributed by atoms with Gasteiger partial charge in [-0.3, -0.25) is 0 Å². The number of rotatable bonds is 3. The summed E-state index contributed by atoms with van der Waals surface area (Å²) in [5.41, 5.74) is 4.78. The summed E-state index contributed by atoms with van der Waals surface area (Å²) in [5, 5.41) is 0. The molecule has 0 bridgehead atoms. The minimum absolute atomic E-state index is 0.507. The van der Waals surface area contributed by atoms with Gasteiger partial charge in [0.2, 0.25) is 0 Å². The van der Waals surface area contributed by atoms with Gasteiger partial charge in [0.1, 0.15) is 0 Å². The molecule has 1 nitrogen and oxygen atoms in total. The summed E-state index contributed by atoms with van der Waals surface area (Å²) in [6.45, 7) is 2.38. The Morgan fingerprint density at radius 1 is 1.15 bits per heavy atom. The highest BCUT2D eigenvalue weighted by molar-refractivity contribution is 5.34. The van der Waals surface area contributed by atoms with Crippen molar-refractivity contribution in [1.82, 2.24) is 0 Å². The van der Waals surface area contributed by atoms with Crippen molar-refractivity contribution in [3.63, 3.8) is 0 Å². The molecule has 0 saturated heterocycles. The molecule has 0 amide bonds. The van der Waals surface area contributed by atoms with E-state index in [9.17, 15) is 0 Å². The van der Waals surface area contributed by atoms with Crippen LogP contribution in [-0.2, 0) is 24.0 Å². The normalized spacial score (nSPS) is 30.0. The van der Waals surface area contributed by atoms with Crippen LogP contribution in [0.4, 0.5) is 0 Å². The lowest BCUT2D eigenvalue weighted by atomic mass is 9.80. The zero-order valence-electron chi connectivity index (χ0n) is 13.0. The predicted molar refractivity (Wildman–Crippen MR) is 84.1 cm³/mol. The first-order valence-electron chi connectivity index (χ1n) is 8.38. The third-order valence-corrected chi connectivity index (χ3v) is 5.34. The molecule has 0 aliphatic heterocycles. The number of methoxy groups -OCH3 is 1. The lowest BCUT2D eigenvalue weighted by Gasteiger charge is -2.29. The number of hydrogen-bond donors (Lipinski definition) is 0. The molecule has 0 spiro atoms. The van der Waals surface area contributed by atoms with E-state index in [1.54, 1.807) is 16.7 Å². The summed E-state index contributed by atoms with van der Waals surface area (Å²) in [6.07, 6.45) is 10.9. The average Bonchev–Trinajstić information content (AvgIpc) is 2.47.